The monoisotopic (exact) mass is 437 g/mol. The molecule has 0 fully saturated rings. The Bertz CT molecular complexity index is 392. The van der Waals surface area contributed by atoms with Crippen LogP contribution in [-0.4, -0.2) is 51.5 Å². The molecule has 0 radical (unpaired) electrons. The van der Waals surface area contributed by atoms with Gasteiger partial charge in [-0.25, -0.2) is 0 Å². The lowest BCUT2D eigenvalue weighted by Gasteiger charge is -2.21. The Labute approximate surface area is 195 Å². The van der Waals surface area contributed by atoms with Crippen LogP contribution in [0.25, 0.3) is 0 Å². The fourth-order valence-corrected chi connectivity index (χ4v) is 3.56. The molecule has 0 bridgehead atoms. The summed E-state index contributed by atoms with van der Waals surface area (Å²) in [6.45, 7) is 7.90. The summed E-state index contributed by atoms with van der Waals surface area (Å²) >= 11 is 0. The van der Waals surface area contributed by atoms with Crippen LogP contribution in [0.1, 0.15) is 110 Å². The van der Waals surface area contributed by atoms with Crippen molar-refractivity contribution in [2.75, 3.05) is 40.5 Å². The van der Waals surface area contributed by atoms with Crippen LogP contribution >= 0.6 is 0 Å². The van der Waals surface area contributed by atoms with E-state index in [1.165, 1.54) is 89.9 Å². The average Bonchev–Trinajstić information content (AvgIpc) is 2.75. The molecule has 0 rings (SSSR count). The van der Waals surface area contributed by atoms with Gasteiger partial charge in [-0.05, 0) is 52.6 Å². The third-order valence-corrected chi connectivity index (χ3v) is 5.46. The van der Waals surface area contributed by atoms with Crippen LogP contribution in [0.15, 0.2) is 24.3 Å². The van der Waals surface area contributed by atoms with Gasteiger partial charge in [-0.2, -0.15) is 0 Å². The second kappa shape index (κ2) is 25.6. The normalized spacial score (nSPS) is 13.2. The summed E-state index contributed by atoms with van der Waals surface area (Å²) in [6.07, 6.45) is 28.5. The summed E-state index contributed by atoms with van der Waals surface area (Å²) < 4.78 is 12.0. The molecular formula is C28H55NO2. The summed E-state index contributed by atoms with van der Waals surface area (Å²) in [6, 6.07) is 0. The van der Waals surface area contributed by atoms with Crippen molar-refractivity contribution >= 4 is 0 Å². The summed E-state index contributed by atoms with van der Waals surface area (Å²) in [5.41, 5.74) is 0. The van der Waals surface area contributed by atoms with Gasteiger partial charge < -0.3 is 14.4 Å². The minimum atomic E-state index is 0.205. The topological polar surface area (TPSA) is 21.7 Å². The molecule has 0 N–H and O–H groups in total. The Kier molecular flexibility index (Phi) is 25.1. The highest BCUT2D eigenvalue weighted by Crippen LogP contribution is 2.09. The summed E-state index contributed by atoms with van der Waals surface area (Å²) in [7, 11) is 4.21. The van der Waals surface area contributed by atoms with Crippen molar-refractivity contribution in [3.63, 3.8) is 0 Å². The lowest BCUT2D eigenvalue weighted by Crippen LogP contribution is -2.32. The molecule has 184 valence electrons. The number of unbranched alkanes of at least 4 members (excludes halogenated alkanes) is 11. The van der Waals surface area contributed by atoms with Crippen LogP contribution in [-0.2, 0) is 9.47 Å². The number of ether oxygens (including phenoxy) is 2. The molecule has 1 atom stereocenters. The molecule has 0 aromatic heterocycles. The Morgan fingerprint density at radius 1 is 0.645 bits per heavy atom. The minimum Gasteiger partial charge on any atom is -0.379 e. The summed E-state index contributed by atoms with van der Waals surface area (Å²) in [5, 5.41) is 0. The molecule has 0 saturated heterocycles. The molecule has 0 aliphatic heterocycles. The van der Waals surface area contributed by atoms with E-state index in [-0.39, 0.29) is 6.10 Å². The highest BCUT2D eigenvalue weighted by Gasteiger charge is 2.10. The zero-order valence-corrected chi connectivity index (χ0v) is 21.6. The quantitative estimate of drug-likeness (QED) is 0.113. The number of hydrogen-bond donors (Lipinski definition) is 0. The first-order valence-corrected chi connectivity index (χ1v) is 13.3. The standard InChI is InChI=1S/C28H55NO2/c1-5-7-9-11-12-13-14-15-16-17-18-19-20-21-22-24-30-27-28(26-29(3)4)31-25-23-10-8-6-2/h11-12,14-15,28H,5-10,13,16-27H2,1-4H3. The number of nitrogens with zero attached hydrogens (tertiary/aromatic N) is 1. The predicted molar refractivity (Wildman–Crippen MR) is 138 cm³/mol. The van der Waals surface area contributed by atoms with Crippen LogP contribution in [0.2, 0.25) is 0 Å². The molecule has 0 saturated carbocycles. The second-order valence-corrected chi connectivity index (χ2v) is 9.12. The third kappa shape index (κ3) is 25.5. The van der Waals surface area contributed by atoms with Crippen molar-refractivity contribution in [3.05, 3.63) is 24.3 Å². The molecule has 3 nitrogen and oxygen atoms in total. The van der Waals surface area contributed by atoms with E-state index in [0.717, 1.165) is 32.8 Å². The number of allylic oxidation sites excluding steroid dienone is 4. The van der Waals surface area contributed by atoms with Gasteiger partial charge in [0.15, 0.2) is 0 Å². The molecule has 31 heavy (non-hydrogen) atoms. The van der Waals surface area contributed by atoms with E-state index in [0.29, 0.717) is 0 Å². The fourth-order valence-electron chi connectivity index (χ4n) is 3.56. The fraction of sp³-hybridized carbons (Fsp3) is 0.857. The largest absolute Gasteiger partial charge is 0.379 e. The zero-order valence-electron chi connectivity index (χ0n) is 21.6. The average molecular weight is 438 g/mol. The minimum absolute atomic E-state index is 0.205. The van der Waals surface area contributed by atoms with E-state index >= 15 is 0 Å². The van der Waals surface area contributed by atoms with Crippen LogP contribution < -0.4 is 0 Å². The molecule has 0 aromatic carbocycles. The van der Waals surface area contributed by atoms with E-state index in [4.69, 9.17) is 9.47 Å². The van der Waals surface area contributed by atoms with Gasteiger partial charge in [-0.3, -0.25) is 0 Å². The molecule has 1 unspecified atom stereocenters. The second-order valence-electron chi connectivity index (χ2n) is 9.12. The molecule has 0 heterocycles. The van der Waals surface area contributed by atoms with Crippen molar-refractivity contribution in [1.82, 2.24) is 4.90 Å². The number of likely N-dealkylation sites (N-methyl/N-ethyl adjacent to an activating group) is 1. The molecule has 0 aliphatic rings. The van der Waals surface area contributed by atoms with Gasteiger partial charge in [0.25, 0.3) is 0 Å². The first-order chi connectivity index (χ1) is 15.2. The van der Waals surface area contributed by atoms with Gasteiger partial charge in [-0.1, -0.05) is 95.9 Å². The first kappa shape index (κ1) is 30.4. The Balaban J connectivity index is 3.49. The van der Waals surface area contributed by atoms with Crippen LogP contribution in [0.3, 0.4) is 0 Å². The van der Waals surface area contributed by atoms with Crippen LogP contribution in [0.5, 0.6) is 0 Å². The Hall–Kier alpha value is -0.640. The molecular weight excluding hydrogens is 382 g/mol. The summed E-state index contributed by atoms with van der Waals surface area (Å²) in [4.78, 5) is 2.19. The van der Waals surface area contributed by atoms with Gasteiger partial charge in [-0.15, -0.1) is 0 Å². The van der Waals surface area contributed by atoms with Crippen LogP contribution in [0.4, 0.5) is 0 Å². The van der Waals surface area contributed by atoms with E-state index in [1.807, 2.05) is 0 Å². The lowest BCUT2D eigenvalue weighted by molar-refractivity contribution is -0.0287. The van der Waals surface area contributed by atoms with Crippen molar-refractivity contribution in [2.24, 2.45) is 0 Å². The van der Waals surface area contributed by atoms with Crippen molar-refractivity contribution in [1.29, 1.82) is 0 Å². The maximum Gasteiger partial charge on any atom is 0.0934 e. The summed E-state index contributed by atoms with van der Waals surface area (Å²) in [5.74, 6) is 0. The Morgan fingerprint density at radius 3 is 1.90 bits per heavy atom. The molecule has 0 amide bonds. The van der Waals surface area contributed by atoms with E-state index in [9.17, 15) is 0 Å². The molecule has 0 aromatic rings. The van der Waals surface area contributed by atoms with Gasteiger partial charge >= 0.3 is 0 Å². The smallest absolute Gasteiger partial charge is 0.0934 e. The molecule has 0 aliphatic carbocycles. The first-order valence-electron chi connectivity index (χ1n) is 13.3. The van der Waals surface area contributed by atoms with E-state index < -0.39 is 0 Å². The maximum atomic E-state index is 6.05. The van der Waals surface area contributed by atoms with Crippen molar-refractivity contribution < 1.29 is 9.47 Å². The Morgan fingerprint density at radius 2 is 1.23 bits per heavy atom. The predicted octanol–water partition coefficient (Wildman–Crippen LogP) is 7.95. The van der Waals surface area contributed by atoms with E-state index in [1.54, 1.807) is 0 Å². The van der Waals surface area contributed by atoms with Gasteiger partial charge in [0.05, 0.1) is 12.7 Å². The van der Waals surface area contributed by atoms with Crippen molar-refractivity contribution in [2.45, 2.75) is 116 Å². The number of rotatable bonds is 24. The third-order valence-electron chi connectivity index (χ3n) is 5.46. The highest BCUT2D eigenvalue weighted by molar-refractivity contribution is 4.92. The van der Waals surface area contributed by atoms with Gasteiger partial charge in [0.1, 0.15) is 0 Å². The molecule has 0 spiro atoms. The van der Waals surface area contributed by atoms with Crippen molar-refractivity contribution in [3.8, 4) is 0 Å². The number of hydrogen-bond acceptors (Lipinski definition) is 3. The zero-order chi connectivity index (χ0) is 22.8. The lowest BCUT2D eigenvalue weighted by atomic mass is 10.1. The van der Waals surface area contributed by atoms with E-state index in [2.05, 4.69) is 57.1 Å². The van der Waals surface area contributed by atoms with Gasteiger partial charge in [0, 0.05) is 19.8 Å². The maximum absolute atomic E-state index is 6.05. The highest BCUT2D eigenvalue weighted by atomic mass is 16.5. The SMILES string of the molecule is CCCCC=CCC=CCCCCCCCCOCC(CN(C)C)OCCCCCC. The molecule has 3 heteroatoms. The van der Waals surface area contributed by atoms with Crippen LogP contribution in [0, 0.1) is 0 Å². The van der Waals surface area contributed by atoms with Gasteiger partial charge in [0.2, 0.25) is 0 Å².